The maximum Gasteiger partial charge on any atom is 0.0397 e. The summed E-state index contributed by atoms with van der Waals surface area (Å²) in [4.78, 5) is 9.19. The van der Waals surface area contributed by atoms with E-state index in [9.17, 15) is 0 Å². The first-order chi connectivity index (χ1) is 8.42. The van der Waals surface area contributed by atoms with Gasteiger partial charge in [-0.05, 0) is 30.9 Å². The van der Waals surface area contributed by atoms with Crippen LogP contribution in [0.15, 0.2) is 24.5 Å². The highest BCUT2D eigenvalue weighted by molar-refractivity contribution is 5.44. The van der Waals surface area contributed by atoms with Crippen LogP contribution in [0.2, 0.25) is 0 Å². The zero-order valence-corrected chi connectivity index (χ0v) is 10.4. The summed E-state index contributed by atoms with van der Waals surface area (Å²) in [6.07, 6.45) is 8.16. The third kappa shape index (κ3) is 2.60. The van der Waals surface area contributed by atoms with Gasteiger partial charge < -0.3 is 4.90 Å². The van der Waals surface area contributed by atoms with Gasteiger partial charge in [0.25, 0.3) is 0 Å². The van der Waals surface area contributed by atoms with Crippen molar-refractivity contribution in [2.45, 2.75) is 19.3 Å². The van der Waals surface area contributed by atoms with Gasteiger partial charge in [0.15, 0.2) is 0 Å². The first kappa shape index (κ1) is 11.0. The molecule has 0 unspecified atom stereocenters. The van der Waals surface area contributed by atoms with E-state index < -0.39 is 0 Å². The van der Waals surface area contributed by atoms with Crippen molar-refractivity contribution < 1.29 is 0 Å². The fraction of sp³-hybridized carbons (Fsp3) is 0.643. The highest BCUT2D eigenvalue weighted by atomic mass is 15.3. The molecule has 2 fully saturated rings. The van der Waals surface area contributed by atoms with E-state index in [0.717, 1.165) is 19.0 Å². The first-order valence-corrected chi connectivity index (χ1v) is 6.79. The van der Waals surface area contributed by atoms with Crippen LogP contribution in [0.25, 0.3) is 0 Å². The van der Waals surface area contributed by atoms with Crippen LogP contribution >= 0.6 is 0 Å². The summed E-state index contributed by atoms with van der Waals surface area (Å²) in [5.74, 6) is 1.00. The van der Waals surface area contributed by atoms with Crippen molar-refractivity contribution >= 4 is 5.69 Å². The molecule has 0 aromatic carbocycles. The molecule has 17 heavy (non-hydrogen) atoms. The van der Waals surface area contributed by atoms with Gasteiger partial charge >= 0.3 is 0 Å². The molecule has 3 heteroatoms. The van der Waals surface area contributed by atoms with E-state index in [1.54, 1.807) is 0 Å². The zero-order chi connectivity index (χ0) is 11.5. The van der Waals surface area contributed by atoms with E-state index in [2.05, 4.69) is 26.9 Å². The number of anilines is 1. The third-order valence-corrected chi connectivity index (χ3v) is 4.14. The lowest BCUT2D eigenvalue weighted by molar-refractivity contribution is 0.170. The molecule has 1 saturated carbocycles. The Morgan fingerprint density at radius 2 is 1.76 bits per heavy atom. The Bertz CT molecular complexity index is 340. The standard InChI is InChI=1S/C14H21N3/c1-2-13(3-1)12-16-8-10-17(11-9-16)14-4-6-15-7-5-14/h4-7,13H,1-3,8-12H2. The van der Waals surface area contributed by atoms with Crippen molar-refractivity contribution in [2.24, 2.45) is 5.92 Å². The molecular weight excluding hydrogens is 210 g/mol. The minimum Gasteiger partial charge on any atom is -0.369 e. The summed E-state index contributed by atoms with van der Waals surface area (Å²) in [7, 11) is 0. The van der Waals surface area contributed by atoms with Crippen LogP contribution in [0.5, 0.6) is 0 Å². The van der Waals surface area contributed by atoms with Gasteiger partial charge in [-0.15, -0.1) is 0 Å². The molecule has 0 radical (unpaired) electrons. The van der Waals surface area contributed by atoms with Crippen LogP contribution in [-0.4, -0.2) is 42.6 Å². The fourth-order valence-corrected chi connectivity index (χ4v) is 2.78. The Kier molecular flexibility index (Phi) is 3.27. The van der Waals surface area contributed by atoms with Crippen LogP contribution in [0, 0.1) is 5.92 Å². The van der Waals surface area contributed by atoms with Crippen molar-refractivity contribution in [3.05, 3.63) is 24.5 Å². The van der Waals surface area contributed by atoms with Gasteiger partial charge in [0.05, 0.1) is 0 Å². The lowest BCUT2D eigenvalue weighted by Gasteiger charge is -2.39. The van der Waals surface area contributed by atoms with E-state index in [1.807, 2.05) is 12.4 Å². The van der Waals surface area contributed by atoms with Gasteiger partial charge in [0.2, 0.25) is 0 Å². The number of hydrogen-bond acceptors (Lipinski definition) is 3. The Labute approximate surface area is 103 Å². The Hall–Kier alpha value is -1.09. The predicted octanol–water partition coefficient (Wildman–Crippen LogP) is 2.00. The van der Waals surface area contributed by atoms with Gasteiger partial charge in [-0.2, -0.15) is 0 Å². The van der Waals surface area contributed by atoms with Crippen LogP contribution in [0.4, 0.5) is 5.69 Å². The molecule has 1 aromatic heterocycles. The molecular formula is C14H21N3. The second-order valence-electron chi connectivity index (χ2n) is 5.29. The third-order valence-electron chi connectivity index (χ3n) is 4.14. The summed E-state index contributed by atoms with van der Waals surface area (Å²) in [5, 5.41) is 0. The predicted molar refractivity (Wildman–Crippen MR) is 70.2 cm³/mol. The molecule has 0 spiro atoms. The molecule has 1 aliphatic heterocycles. The molecule has 0 N–H and O–H groups in total. The highest BCUT2D eigenvalue weighted by Crippen LogP contribution is 2.27. The number of aromatic nitrogens is 1. The monoisotopic (exact) mass is 231 g/mol. The number of piperazine rings is 1. The maximum absolute atomic E-state index is 4.08. The zero-order valence-electron chi connectivity index (χ0n) is 10.4. The minimum atomic E-state index is 1.00. The quantitative estimate of drug-likeness (QED) is 0.793. The molecule has 1 aromatic rings. The SMILES string of the molecule is c1cc(N2CCN(CC3CCC3)CC2)ccn1. The van der Waals surface area contributed by atoms with E-state index >= 15 is 0 Å². The van der Waals surface area contributed by atoms with Gasteiger partial charge in [-0.3, -0.25) is 9.88 Å². The first-order valence-electron chi connectivity index (χ1n) is 6.79. The Morgan fingerprint density at radius 3 is 2.35 bits per heavy atom. The molecule has 92 valence electrons. The largest absolute Gasteiger partial charge is 0.369 e. The van der Waals surface area contributed by atoms with Gasteiger partial charge in [-0.1, -0.05) is 6.42 Å². The molecule has 0 amide bonds. The van der Waals surface area contributed by atoms with Crippen LogP contribution < -0.4 is 4.90 Å². The molecule has 1 aliphatic carbocycles. The highest BCUT2D eigenvalue weighted by Gasteiger charge is 2.23. The normalized spacial score (nSPS) is 22.5. The lowest BCUT2D eigenvalue weighted by atomic mass is 9.85. The molecule has 3 rings (SSSR count). The van der Waals surface area contributed by atoms with E-state index in [0.29, 0.717) is 0 Å². The van der Waals surface area contributed by atoms with Crippen LogP contribution in [0.1, 0.15) is 19.3 Å². The average Bonchev–Trinajstić information content (AvgIpc) is 2.36. The number of rotatable bonds is 3. The van der Waals surface area contributed by atoms with Crippen molar-refractivity contribution in [1.29, 1.82) is 0 Å². The maximum atomic E-state index is 4.08. The van der Waals surface area contributed by atoms with Crippen LogP contribution in [0.3, 0.4) is 0 Å². The van der Waals surface area contributed by atoms with Crippen molar-refractivity contribution in [3.8, 4) is 0 Å². The summed E-state index contributed by atoms with van der Waals surface area (Å²) in [5.41, 5.74) is 1.32. The van der Waals surface area contributed by atoms with Crippen molar-refractivity contribution in [1.82, 2.24) is 9.88 Å². The van der Waals surface area contributed by atoms with Crippen molar-refractivity contribution in [2.75, 3.05) is 37.6 Å². The van der Waals surface area contributed by atoms with Gasteiger partial charge in [0.1, 0.15) is 0 Å². The van der Waals surface area contributed by atoms with E-state index in [1.165, 1.54) is 44.6 Å². The molecule has 0 atom stereocenters. The van der Waals surface area contributed by atoms with E-state index in [-0.39, 0.29) is 0 Å². The van der Waals surface area contributed by atoms with Crippen LogP contribution in [-0.2, 0) is 0 Å². The second-order valence-corrected chi connectivity index (χ2v) is 5.29. The summed E-state index contributed by atoms with van der Waals surface area (Å²) >= 11 is 0. The van der Waals surface area contributed by atoms with E-state index in [4.69, 9.17) is 0 Å². The molecule has 2 heterocycles. The van der Waals surface area contributed by atoms with Gasteiger partial charge in [-0.25, -0.2) is 0 Å². The average molecular weight is 231 g/mol. The molecule has 2 aliphatic rings. The molecule has 3 nitrogen and oxygen atoms in total. The number of pyridine rings is 1. The molecule has 0 bridgehead atoms. The van der Waals surface area contributed by atoms with Gasteiger partial charge in [0, 0.05) is 50.8 Å². The summed E-state index contributed by atoms with van der Waals surface area (Å²) < 4.78 is 0. The smallest absolute Gasteiger partial charge is 0.0397 e. The summed E-state index contributed by atoms with van der Waals surface area (Å²) in [6.45, 7) is 6.11. The summed E-state index contributed by atoms with van der Waals surface area (Å²) in [6, 6.07) is 4.23. The topological polar surface area (TPSA) is 19.4 Å². The second kappa shape index (κ2) is 5.05. The molecule has 1 saturated heterocycles. The Balaban J connectivity index is 1.50. The van der Waals surface area contributed by atoms with Crippen molar-refractivity contribution in [3.63, 3.8) is 0 Å². The Morgan fingerprint density at radius 1 is 1.06 bits per heavy atom. The minimum absolute atomic E-state index is 1.00. The lowest BCUT2D eigenvalue weighted by Crippen LogP contribution is -2.48. The number of hydrogen-bond donors (Lipinski definition) is 0. The number of nitrogens with zero attached hydrogens (tertiary/aromatic N) is 3. The fourth-order valence-electron chi connectivity index (χ4n) is 2.78.